The molecule has 148 valence electrons. The van der Waals surface area contributed by atoms with E-state index in [9.17, 15) is 0 Å². The molecule has 0 saturated carbocycles. The van der Waals surface area contributed by atoms with Crippen molar-refractivity contribution < 1.29 is 0 Å². The molecule has 0 fully saturated rings. The van der Waals surface area contributed by atoms with Crippen molar-refractivity contribution >= 4 is 35.1 Å². The van der Waals surface area contributed by atoms with E-state index in [1.807, 2.05) is 48.5 Å². The number of aromatic nitrogens is 4. The summed E-state index contributed by atoms with van der Waals surface area (Å²) in [6.07, 6.45) is 3.57. The Morgan fingerprint density at radius 3 is 1.84 bits per heavy atom. The first-order chi connectivity index (χ1) is 15.8. The predicted octanol–water partition coefficient (Wildman–Crippen LogP) is 5.10. The average molecular weight is 408 g/mol. The minimum Gasteiger partial charge on any atom is -0.309 e. The molecule has 4 nitrogen and oxygen atoms in total. The van der Waals surface area contributed by atoms with Crippen LogP contribution in [0.5, 0.6) is 0 Å². The maximum Gasteiger partial charge on any atom is 0.113 e. The SMILES string of the molecule is [B]c1ccc2c3ccccc3n(-c3cc(-c4ccccn4)nc(-c4ccccn4)c3)c2c1. The number of para-hydroxylation sites is 1. The number of nitrogens with zero attached hydrogens (tertiary/aromatic N) is 4. The summed E-state index contributed by atoms with van der Waals surface area (Å²) >= 11 is 0. The molecule has 0 bridgehead atoms. The van der Waals surface area contributed by atoms with Gasteiger partial charge in [-0.25, -0.2) is 4.98 Å². The lowest BCUT2D eigenvalue weighted by Crippen LogP contribution is -2.03. The monoisotopic (exact) mass is 408 g/mol. The van der Waals surface area contributed by atoms with Gasteiger partial charge < -0.3 is 4.57 Å². The van der Waals surface area contributed by atoms with Crippen LogP contribution in [-0.4, -0.2) is 27.4 Å². The number of fused-ring (bicyclic) bond motifs is 3. The van der Waals surface area contributed by atoms with Crippen molar-refractivity contribution in [1.82, 2.24) is 19.5 Å². The second-order valence-corrected chi connectivity index (χ2v) is 7.65. The van der Waals surface area contributed by atoms with Gasteiger partial charge in [0.25, 0.3) is 0 Å². The van der Waals surface area contributed by atoms with Gasteiger partial charge in [-0.1, -0.05) is 47.9 Å². The van der Waals surface area contributed by atoms with Crippen LogP contribution in [0, 0.1) is 0 Å². The van der Waals surface area contributed by atoms with E-state index in [-0.39, 0.29) is 0 Å². The van der Waals surface area contributed by atoms with E-state index in [2.05, 4.69) is 57.0 Å². The second-order valence-electron chi connectivity index (χ2n) is 7.65. The maximum absolute atomic E-state index is 6.19. The zero-order valence-corrected chi connectivity index (χ0v) is 17.2. The highest BCUT2D eigenvalue weighted by Gasteiger charge is 2.15. The molecule has 2 aromatic carbocycles. The molecule has 5 heteroatoms. The fourth-order valence-corrected chi connectivity index (χ4v) is 4.20. The summed E-state index contributed by atoms with van der Waals surface area (Å²) in [4.78, 5) is 14.0. The smallest absolute Gasteiger partial charge is 0.113 e. The van der Waals surface area contributed by atoms with Crippen molar-refractivity contribution in [2.45, 2.75) is 0 Å². The average Bonchev–Trinajstić information content (AvgIpc) is 3.18. The van der Waals surface area contributed by atoms with Crippen molar-refractivity contribution in [3.05, 3.63) is 103 Å². The molecule has 0 saturated heterocycles. The summed E-state index contributed by atoms with van der Waals surface area (Å²) < 4.78 is 2.24. The largest absolute Gasteiger partial charge is 0.309 e. The Balaban J connectivity index is 1.70. The summed E-state index contributed by atoms with van der Waals surface area (Å²) in [6, 6.07) is 30.3. The third-order valence-electron chi connectivity index (χ3n) is 5.62. The predicted molar refractivity (Wildman–Crippen MR) is 130 cm³/mol. The highest BCUT2D eigenvalue weighted by molar-refractivity contribution is 6.33. The van der Waals surface area contributed by atoms with Gasteiger partial charge in [0, 0.05) is 23.2 Å². The van der Waals surface area contributed by atoms with Crippen LogP contribution in [0.15, 0.2) is 103 Å². The third kappa shape index (κ3) is 3.07. The van der Waals surface area contributed by atoms with Gasteiger partial charge in [-0.2, -0.15) is 0 Å². The van der Waals surface area contributed by atoms with E-state index in [4.69, 9.17) is 12.8 Å². The third-order valence-corrected chi connectivity index (χ3v) is 5.62. The summed E-state index contributed by atoms with van der Waals surface area (Å²) in [6.45, 7) is 0. The van der Waals surface area contributed by atoms with E-state index < -0.39 is 0 Å². The van der Waals surface area contributed by atoms with Gasteiger partial charge in [-0.3, -0.25) is 9.97 Å². The molecular formula is C27H17BN4. The molecule has 0 N–H and O–H groups in total. The van der Waals surface area contributed by atoms with E-state index >= 15 is 0 Å². The normalized spacial score (nSPS) is 11.2. The molecule has 0 amide bonds. The first-order valence-corrected chi connectivity index (χ1v) is 10.4. The lowest BCUT2D eigenvalue weighted by atomic mass is 9.95. The first kappa shape index (κ1) is 18.5. The van der Waals surface area contributed by atoms with E-state index in [1.54, 1.807) is 12.4 Å². The zero-order chi connectivity index (χ0) is 21.5. The summed E-state index contributed by atoms with van der Waals surface area (Å²) in [5, 5.41) is 2.34. The van der Waals surface area contributed by atoms with E-state index in [0.29, 0.717) is 0 Å². The summed E-state index contributed by atoms with van der Waals surface area (Å²) in [5.74, 6) is 0. The van der Waals surface area contributed by atoms with Crippen LogP contribution < -0.4 is 5.46 Å². The molecule has 2 radical (unpaired) electrons. The van der Waals surface area contributed by atoms with Crippen LogP contribution in [0.25, 0.3) is 50.3 Å². The molecule has 0 atom stereocenters. The topological polar surface area (TPSA) is 43.6 Å². The van der Waals surface area contributed by atoms with Crippen molar-refractivity contribution in [3.8, 4) is 28.5 Å². The molecule has 0 aliphatic carbocycles. The number of benzene rings is 2. The lowest BCUT2D eigenvalue weighted by molar-refractivity contribution is 1.14. The highest BCUT2D eigenvalue weighted by Crippen LogP contribution is 2.33. The van der Waals surface area contributed by atoms with E-state index in [0.717, 1.165) is 50.3 Å². The minimum absolute atomic E-state index is 0.727. The van der Waals surface area contributed by atoms with Gasteiger partial charge in [0.1, 0.15) is 7.85 Å². The number of hydrogen-bond donors (Lipinski definition) is 0. The Bertz CT molecular complexity index is 1520. The Morgan fingerprint density at radius 1 is 0.562 bits per heavy atom. The van der Waals surface area contributed by atoms with Gasteiger partial charge in [-0.15, -0.1) is 0 Å². The zero-order valence-electron chi connectivity index (χ0n) is 17.2. The van der Waals surface area contributed by atoms with Crippen molar-refractivity contribution in [3.63, 3.8) is 0 Å². The molecule has 6 aromatic rings. The van der Waals surface area contributed by atoms with Gasteiger partial charge in [0.05, 0.1) is 39.5 Å². The molecule has 32 heavy (non-hydrogen) atoms. The first-order valence-electron chi connectivity index (χ1n) is 10.4. The summed E-state index contributed by atoms with van der Waals surface area (Å²) in [7, 11) is 6.19. The van der Waals surface area contributed by atoms with Crippen molar-refractivity contribution in [2.24, 2.45) is 0 Å². The second kappa shape index (κ2) is 7.47. The number of hydrogen-bond acceptors (Lipinski definition) is 3. The lowest BCUT2D eigenvalue weighted by Gasteiger charge is -2.12. The van der Waals surface area contributed by atoms with Gasteiger partial charge in [0.2, 0.25) is 0 Å². The molecule has 0 spiro atoms. The van der Waals surface area contributed by atoms with Crippen LogP contribution in [-0.2, 0) is 0 Å². The van der Waals surface area contributed by atoms with Crippen LogP contribution in [0.2, 0.25) is 0 Å². The number of rotatable bonds is 3. The maximum atomic E-state index is 6.19. The fourth-order valence-electron chi connectivity index (χ4n) is 4.20. The Labute approximate surface area is 186 Å². The minimum atomic E-state index is 0.727. The number of pyridine rings is 3. The molecule has 0 aliphatic heterocycles. The van der Waals surface area contributed by atoms with Crippen LogP contribution in [0.4, 0.5) is 0 Å². The Kier molecular flexibility index (Phi) is 4.32. The Morgan fingerprint density at radius 2 is 1.19 bits per heavy atom. The molecule has 4 aromatic heterocycles. The van der Waals surface area contributed by atoms with Gasteiger partial charge in [0.15, 0.2) is 0 Å². The van der Waals surface area contributed by atoms with Crippen LogP contribution in [0.3, 0.4) is 0 Å². The quantitative estimate of drug-likeness (QED) is 0.383. The van der Waals surface area contributed by atoms with Crippen LogP contribution in [0.1, 0.15) is 0 Å². The van der Waals surface area contributed by atoms with Crippen molar-refractivity contribution in [1.29, 1.82) is 0 Å². The van der Waals surface area contributed by atoms with Gasteiger partial charge in [-0.05, 0) is 48.5 Å². The fraction of sp³-hybridized carbons (Fsp3) is 0. The molecule has 4 heterocycles. The summed E-state index contributed by atoms with van der Waals surface area (Å²) in [5.41, 5.74) is 7.08. The Hall–Kier alpha value is -4.25. The standard InChI is InChI=1S/C27H17BN4/c28-18-11-12-21-20-7-1-2-10-26(20)32(27(21)15-18)19-16-24(22-8-3-5-13-29-22)31-25(17-19)23-9-4-6-14-30-23/h1-17H. The molecule has 0 aliphatic rings. The molecular weight excluding hydrogens is 391 g/mol. The molecule has 0 unspecified atom stereocenters. The van der Waals surface area contributed by atoms with Gasteiger partial charge >= 0.3 is 0 Å². The highest BCUT2D eigenvalue weighted by atomic mass is 15.0. The van der Waals surface area contributed by atoms with Crippen LogP contribution >= 0.6 is 0 Å². The van der Waals surface area contributed by atoms with Crippen molar-refractivity contribution in [2.75, 3.05) is 0 Å². The van der Waals surface area contributed by atoms with E-state index in [1.165, 1.54) is 5.39 Å². The molecule has 6 rings (SSSR count).